The van der Waals surface area contributed by atoms with Crippen molar-refractivity contribution < 1.29 is 9.53 Å². The van der Waals surface area contributed by atoms with E-state index in [1.165, 1.54) is 12.8 Å². The molecule has 0 saturated carbocycles. The fourth-order valence-electron chi connectivity index (χ4n) is 1.74. The summed E-state index contributed by atoms with van der Waals surface area (Å²) in [5.41, 5.74) is 1.59. The standard InChI is InChI=1S/C15H22ClNO2S/c1-4-5-6-7-20-10-15(18)17-13-8-11(2)12(16)9-14(13)19-3/h8-9H,4-7,10H2,1-3H3,(H,17,18). The molecule has 112 valence electrons. The van der Waals surface area contributed by atoms with Crippen molar-refractivity contribution in [3.8, 4) is 5.75 Å². The minimum Gasteiger partial charge on any atom is -0.495 e. The molecule has 1 N–H and O–H groups in total. The van der Waals surface area contributed by atoms with E-state index in [1.807, 2.05) is 13.0 Å². The fourth-order valence-corrected chi connectivity index (χ4v) is 2.70. The van der Waals surface area contributed by atoms with Crippen molar-refractivity contribution in [3.05, 3.63) is 22.7 Å². The molecule has 0 fully saturated rings. The number of ether oxygens (including phenoxy) is 1. The maximum Gasteiger partial charge on any atom is 0.234 e. The van der Waals surface area contributed by atoms with E-state index in [-0.39, 0.29) is 5.91 Å². The van der Waals surface area contributed by atoms with Gasteiger partial charge in [0.25, 0.3) is 0 Å². The summed E-state index contributed by atoms with van der Waals surface area (Å²) >= 11 is 7.70. The van der Waals surface area contributed by atoms with Gasteiger partial charge in [-0.3, -0.25) is 4.79 Å². The zero-order valence-corrected chi connectivity index (χ0v) is 13.9. The minimum atomic E-state index is -0.00785. The average Bonchev–Trinajstić information content (AvgIpc) is 2.42. The molecule has 0 spiro atoms. The number of anilines is 1. The van der Waals surface area contributed by atoms with Crippen molar-refractivity contribution in [1.29, 1.82) is 0 Å². The SMILES string of the molecule is CCCCCSCC(=O)Nc1cc(C)c(Cl)cc1OC. The predicted octanol–water partition coefficient (Wildman–Crippen LogP) is 4.52. The van der Waals surface area contributed by atoms with Gasteiger partial charge in [-0.15, -0.1) is 0 Å². The largest absolute Gasteiger partial charge is 0.495 e. The van der Waals surface area contributed by atoms with Gasteiger partial charge in [0.2, 0.25) is 5.91 Å². The van der Waals surface area contributed by atoms with Crippen LogP contribution in [-0.2, 0) is 4.79 Å². The summed E-state index contributed by atoms with van der Waals surface area (Å²) in [6.07, 6.45) is 3.59. The molecule has 0 saturated heterocycles. The van der Waals surface area contributed by atoms with Crippen molar-refractivity contribution in [1.82, 2.24) is 0 Å². The van der Waals surface area contributed by atoms with Crippen molar-refractivity contribution in [2.75, 3.05) is 23.9 Å². The fraction of sp³-hybridized carbons (Fsp3) is 0.533. The number of methoxy groups -OCH3 is 1. The van der Waals surface area contributed by atoms with Gasteiger partial charge in [0.05, 0.1) is 18.6 Å². The maximum atomic E-state index is 11.9. The van der Waals surface area contributed by atoms with Crippen LogP contribution in [0.4, 0.5) is 5.69 Å². The van der Waals surface area contributed by atoms with Crippen LogP contribution in [0.2, 0.25) is 5.02 Å². The van der Waals surface area contributed by atoms with E-state index < -0.39 is 0 Å². The Morgan fingerprint density at radius 2 is 2.15 bits per heavy atom. The Labute approximate surface area is 130 Å². The number of amides is 1. The van der Waals surface area contributed by atoms with E-state index in [2.05, 4.69) is 12.2 Å². The molecule has 0 aliphatic heterocycles. The number of rotatable bonds is 8. The number of benzene rings is 1. The first-order valence-corrected chi connectivity index (χ1v) is 8.33. The first kappa shape index (κ1) is 17.2. The number of hydrogen-bond acceptors (Lipinski definition) is 3. The summed E-state index contributed by atoms with van der Waals surface area (Å²) in [6, 6.07) is 3.56. The molecule has 1 aromatic rings. The minimum absolute atomic E-state index is 0.00785. The lowest BCUT2D eigenvalue weighted by molar-refractivity contribution is -0.113. The molecule has 5 heteroatoms. The van der Waals surface area contributed by atoms with E-state index in [0.29, 0.717) is 22.2 Å². The third-order valence-corrected chi connectivity index (χ3v) is 4.33. The Hall–Kier alpha value is -0.870. The second kappa shape index (κ2) is 9.14. The molecule has 0 heterocycles. The summed E-state index contributed by atoms with van der Waals surface area (Å²) in [5.74, 6) is 2.07. The number of nitrogens with one attached hydrogen (secondary N) is 1. The van der Waals surface area contributed by atoms with Gasteiger partial charge in [-0.25, -0.2) is 0 Å². The number of carbonyl (C=O) groups excluding carboxylic acids is 1. The Kier molecular flexibility index (Phi) is 7.85. The van der Waals surface area contributed by atoms with Crippen LogP contribution in [0.5, 0.6) is 5.75 Å². The van der Waals surface area contributed by atoms with E-state index in [9.17, 15) is 4.79 Å². The highest BCUT2D eigenvalue weighted by molar-refractivity contribution is 7.99. The third-order valence-electron chi connectivity index (χ3n) is 2.88. The topological polar surface area (TPSA) is 38.3 Å². The van der Waals surface area contributed by atoms with Gasteiger partial charge in [0, 0.05) is 11.1 Å². The zero-order chi connectivity index (χ0) is 15.0. The third kappa shape index (κ3) is 5.63. The number of halogens is 1. The Balaban J connectivity index is 2.51. The summed E-state index contributed by atoms with van der Waals surface area (Å²) in [7, 11) is 1.57. The highest BCUT2D eigenvalue weighted by Gasteiger charge is 2.10. The molecule has 0 atom stereocenters. The normalized spacial score (nSPS) is 10.4. The van der Waals surface area contributed by atoms with Crippen LogP contribution in [0.3, 0.4) is 0 Å². The van der Waals surface area contributed by atoms with Gasteiger partial charge in [0.1, 0.15) is 5.75 Å². The lowest BCUT2D eigenvalue weighted by Gasteiger charge is -2.12. The summed E-state index contributed by atoms with van der Waals surface area (Å²) in [6.45, 7) is 4.07. The smallest absolute Gasteiger partial charge is 0.234 e. The van der Waals surface area contributed by atoms with Crippen LogP contribution in [0.1, 0.15) is 31.7 Å². The second-order valence-electron chi connectivity index (χ2n) is 4.61. The molecule has 1 amide bonds. The van der Waals surface area contributed by atoms with Gasteiger partial charge >= 0.3 is 0 Å². The number of thioether (sulfide) groups is 1. The van der Waals surface area contributed by atoms with Gasteiger partial charge in [-0.1, -0.05) is 31.4 Å². The van der Waals surface area contributed by atoms with E-state index >= 15 is 0 Å². The first-order valence-electron chi connectivity index (χ1n) is 6.80. The first-order chi connectivity index (χ1) is 9.58. The number of hydrogen-bond donors (Lipinski definition) is 1. The number of carbonyl (C=O) groups is 1. The molecule has 1 aromatic carbocycles. The molecule has 3 nitrogen and oxygen atoms in total. The molecular formula is C15H22ClNO2S. The Morgan fingerprint density at radius 1 is 1.40 bits per heavy atom. The van der Waals surface area contributed by atoms with Gasteiger partial charge in [0.15, 0.2) is 0 Å². The lowest BCUT2D eigenvalue weighted by Crippen LogP contribution is -2.15. The zero-order valence-electron chi connectivity index (χ0n) is 12.3. The number of aryl methyl sites for hydroxylation is 1. The molecular weight excluding hydrogens is 294 g/mol. The van der Waals surface area contributed by atoms with Crippen LogP contribution in [0.25, 0.3) is 0 Å². The van der Waals surface area contributed by atoms with Crippen molar-refractivity contribution in [2.45, 2.75) is 33.1 Å². The van der Waals surface area contributed by atoms with Crippen molar-refractivity contribution >= 4 is 35.0 Å². The van der Waals surface area contributed by atoms with E-state index in [0.717, 1.165) is 17.7 Å². The van der Waals surface area contributed by atoms with Crippen molar-refractivity contribution in [2.24, 2.45) is 0 Å². The van der Waals surface area contributed by atoms with Crippen LogP contribution < -0.4 is 10.1 Å². The molecule has 20 heavy (non-hydrogen) atoms. The monoisotopic (exact) mass is 315 g/mol. The van der Waals surface area contributed by atoms with Gasteiger partial charge in [-0.2, -0.15) is 11.8 Å². The summed E-state index contributed by atoms with van der Waals surface area (Å²) < 4.78 is 5.23. The Bertz CT molecular complexity index is 452. The van der Waals surface area contributed by atoms with Gasteiger partial charge in [-0.05, 0) is 30.7 Å². The molecule has 0 bridgehead atoms. The molecule has 0 aliphatic rings. The molecule has 0 unspecified atom stereocenters. The van der Waals surface area contributed by atoms with E-state index in [4.69, 9.17) is 16.3 Å². The lowest BCUT2D eigenvalue weighted by atomic mass is 10.2. The van der Waals surface area contributed by atoms with Crippen LogP contribution in [-0.4, -0.2) is 24.5 Å². The maximum absolute atomic E-state index is 11.9. The molecule has 0 aliphatic carbocycles. The van der Waals surface area contributed by atoms with Crippen LogP contribution in [0.15, 0.2) is 12.1 Å². The molecule has 0 aromatic heterocycles. The summed E-state index contributed by atoms with van der Waals surface area (Å²) in [4.78, 5) is 11.9. The van der Waals surface area contributed by atoms with Gasteiger partial charge < -0.3 is 10.1 Å². The van der Waals surface area contributed by atoms with Crippen LogP contribution >= 0.6 is 23.4 Å². The van der Waals surface area contributed by atoms with E-state index in [1.54, 1.807) is 24.9 Å². The Morgan fingerprint density at radius 3 is 2.80 bits per heavy atom. The highest BCUT2D eigenvalue weighted by atomic mass is 35.5. The van der Waals surface area contributed by atoms with Crippen molar-refractivity contribution in [3.63, 3.8) is 0 Å². The number of unbranched alkanes of at least 4 members (excludes halogenated alkanes) is 2. The average molecular weight is 316 g/mol. The molecule has 0 radical (unpaired) electrons. The highest BCUT2D eigenvalue weighted by Crippen LogP contribution is 2.31. The quantitative estimate of drug-likeness (QED) is 0.717. The summed E-state index contributed by atoms with van der Waals surface area (Å²) in [5, 5.41) is 3.51. The predicted molar refractivity (Wildman–Crippen MR) is 88.2 cm³/mol. The molecule has 1 rings (SSSR count). The second-order valence-corrected chi connectivity index (χ2v) is 6.12. The van der Waals surface area contributed by atoms with Crippen LogP contribution in [0, 0.1) is 6.92 Å².